The lowest BCUT2D eigenvalue weighted by atomic mass is 10.2. The van der Waals surface area contributed by atoms with Crippen LogP contribution in [0.2, 0.25) is 0 Å². The molecule has 0 spiro atoms. The molecule has 0 amide bonds. The largest absolute Gasteiger partial charge is 0.384 e. The summed E-state index contributed by atoms with van der Waals surface area (Å²) in [5.74, 6) is 1.47. The topological polar surface area (TPSA) is 78.9 Å². The van der Waals surface area contributed by atoms with Gasteiger partial charge in [0, 0.05) is 13.1 Å². The third kappa shape index (κ3) is 1.91. The highest BCUT2D eigenvalue weighted by molar-refractivity contribution is 5.99. The number of nitrogen functional groups attached to an aromatic ring is 1. The van der Waals surface area contributed by atoms with Gasteiger partial charge in [-0.2, -0.15) is 5.10 Å². The van der Waals surface area contributed by atoms with E-state index in [1.54, 1.807) is 12.3 Å². The van der Waals surface area contributed by atoms with Crippen LogP contribution >= 0.6 is 0 Å². The molecule has 0 radical (unpaired) electrons. The zero-order chi connectivity index (χ0) is 10.8. The Balaban J connectivity index is 2.31. The summed E-state index contributed by atoms with van der Waals surface area (Å²) in [6.45, 7) is 4.16. The van der Waals surface area contributed by atoms with Crippen LogP contribution in [0, 0.1) is 11.3 Å². The van der Waals surface area contributed by atoms with E-state index in [2.05, 4.69) is 22.0 Å². The fourth-order valence-electron chi connectivity index (χ4n) is 1.90. The maximum atomic E-state index is 7.47. The maximum absolute atomic E-state index is 7.47. The first-order valence-corrected chi connectivity index (χ1v) is 5.09. The normalized spacial score (nSPS) is 20.6. The minimum Gasteiger partial charge on any atom is -0.384 e. The molecule has 1 saturated heterocycles. The van der Waals surface area contributed by atoms with Gasteiger partial charge < -0.3 is 10.6 Å². The lowest BCUT2D eigenvalue weighted by molar-refractivity contribution is 0.658. The van der Waals surface area contributed by atoms with Gasteiger partial charge in [0.15, 0.2) is 5.82 Å². The van der Waals surface area contributed by atoms with Gasteiger partial charge in [-0.25, -0.2) is 0 Å². The zero-order valence-corrected chi connectivity index (χ0v) is 8.77. The van der Waals surface area contributed by atoms with Gasteiger partial charge in [0.25, 0.3) is 0 Å². The van der Waals surface area contributed by atoms with Crippen molar-refractivity contribution in [3.8, 4) is 0 Å². The molecule has 1 aromatic heterocycles. The first kappa shape index (κ1) is 9.89. The second-order valence-corrected chi connectivity index (χ2v) is 4.02. The van der Waals surface area contributed by atoms with Crippen LogP contribution in [-0.4, -0.2) is 29.1 Å². The van der Waals surface area contributed by atoms with Crippen LogP contribution in [0.25, 0.3) is 0 Å². The lowest BCUT2D eigenvalue weighted by Gasteiger charge is -2.18. The molecule has 0 bridgehead atoms. The van der Waals surface area contributed by atoms with Crippen molar-refractivity contribution in [1.82, 2.24) is 10.2 Å². The van der Waals surface area contributed by atoms with Crippen molar-refractivity contribution in [3.05, 3.63) is 17.8 Å². The lowest BCUT2D eigenvalue weighted by Crippen LogP contribution is -2.25. The summed E-state index contributed by atoms with van der Waals surface area (Å²) < 4.78 is 0. The van der Waals surface area contributed by atoms with Crippen molar-refractivity contribution in [2.75, 3.05) is 18.0 Å². The van der Waals surface area contributed by atoms with E-state index in [-0.39, 0.29) is 5.84 Å². The Hall–Kier alpha value is -1.65. The number of nitrogens with one attached hydrogen (secondary N) is 1. The Kier molecular flexibility index (Phi) is 2.53. The second kappa shape index (κ2) is 3.84. The van der Waals surface area contributed by atoms with Crippen LogP contribution < -0.4 is 10.6 Å². The summed E-state index contributed by atoms with van der Waals surface area (Å²) in [4.78, 5) is 2.15. The Morgan fingerprint density at radius 3 is 3.07 bits per heavy atom. The number of anilines is 1. The number of nitrogens with two attached hydrogens (primary N) is 1. The van der Waals surface area contributed by atoms with E-state index in [1.165, 1.54) is 0 Å². The van der Waals surface area contributed by atoms with Gasteiger partial charge in [-0.1, -0.05) is 6.92 Å². The number of rotatable bonds is 2. The first-order chi connectivity index (χ1) is 7.18. The predicted octanol–water partition coefficient (Wildman–Crippen LogP) is 0.607. The highest BCUT2D eigenvalue weighted by Crippen LogP contribution is 2.23. The minimum atomic E-state index is 0.0550. The smallest absolute Gasteiger partial charge is 0.162 e. The van der Waals surface area contributed by atoms with Gasteiger partial charge in [-0.05, 0) is 18.4 Å². The van der Waals surface area contributed by atoms with Crippen LogP contribution in [-0.2, 0) is 0 Å². The van der Waals surface area contributed by atoms with E-state index in [0.717, 1.165) is 25.3 Å². The van der Waals surface area contributed by atoms with Crippen molar-refractivity contribution in [2.45, 2.75) is 13.3 Å². The molecule has 1 atom stereocenters. The van der Waals surface area contributed by atoms with Crippen LogP contribution in [0.3, 0.4) is 0 Å². The molecule has 80 valence electrons. The Morgan fingerprint density at radius 1 is 1.67 bits per heavy atom. The zero-order valence-electron chi connectivity index (χ0n) is 8.77. The Morgan fingerprint density at radius 2 is 2.47 bits per heavy atom. The standard InChI is InChI=1S/C10H15N5/c1-7-3-5-15(6-7)10-8(9(11)12)2-4-13-14-10/h2,4,7H,3,5-6H2,1H3,(H3,11,12). The molecular weight excluding hydrogens is 190 g/mol. The molecular formula is C10H15N5. The molecule has 0 aliphatic carbocycles. The molecule has 5 heteroatoms. The third-order valence-electron chi connectivity index (χ3n) is 2.71. The van der Waals surface area contributed by atoms with Crippen molar-refractivity contribution < 1.29 is 0 Å². The van der Waals surface area contributed by atoms with Crippen molar-refractivity contribution in [1.29, 1.82) is 5.41 Å². The minimum absolute atomic E-state index is 0.0550. The average molecular weight is 205 g/mol. The summed E-state index contributed by atoms with van der Waals surface area (Å²) in [6.07, 6.45) is 2.73. The molecule has 1 fully saturated rings. The number of amidine groups is 1. The van der Waals surface area contributed by atoms with Gasteiger partial charge in [-0.3, -0.25) is 5.41 Å². The molecule has 5 nitrogen and oxygen atoms in total. The van der Waals surface area contributed by atoms with Gasteiger partial charge in [0.2, 0.25) is 0 Å². The van der Waals surface area contributed by atoms with E-state index in [0.29, 0.717) is 11.5 Å². The maximum Gasteiger partial charge on any atom is 0.162 e. The quantitative estimate of drug-likeness (QED) is 0.547. The number of hydrogen-bond acceptors (Lipinski definition) is 4. The van der Waals surface area contributed by atoms with Crippen LogP contribution in [0.15, 0.2) is 12.3 Å². The molecule has 15 heavy (non-hydrogen) atoms. The van der Waals surface area contributed by atoms with Crippen LogP contribution in [0.1, 0.15) is 18.9 Å². The van der Waals surface area contributed by atoms with Gasteiger partial charge >= 0.3 is 0 Å². The number of nitrogens with zero attached hydrogens (tertiary/aromatic N) is 3. The monoisotopic (exact) mass is 205 g/mol. The molecule has 1 unspecified atom stereocenters. The average Bonchev–Trinajstić information content (AvgIpc) is 2.65. The van der Waals surface area contributed by atoms with E-state index in [1.807, 2.05) is 0 Å². The summed E-state index contributed by atoms with van der Waals surface area (Å²) in [6, 6.07) is 1.74. The number of aromatic nitrogens is 2. The van der Waals surface area contributed by atoms with Gasteiger partial charge in [-0.15, -0.1) is 5.10 Å². The van der Waals surface area contributed by atoms with Crippen molar-refractivity contribution in [2.24, 2.45) is 11.7 Å². The van der Waals surface area contributed by atoms with Crippen molar-refractivity contribution >= 4 is 11.7 Å². The second-order valence-electron chi connectivity index (χ2n) is 4.02. The molecule has 1 aliphatic heterocycles. The number of hydrogen-bond donors (Lipinski definition) is 2. The highest BCUT2D eigenvalue weighted by Gasteiger charge is 2.22. The summed E-state index contributed by atoms with van der Waals surface area (Å²) in [5.41, 5.74) is 6.19. The van der Waals surface area contributed by atoms with Gasteiger partial charge in [0.1, 0.15) is 5.84 Å². The Bertz CT molecular complexity index is 376. The van der Waals surface area contributed by atoms with Crippen molar-refractivity contribution in [3.63, 3.8) is 0 Å². The summed E-state index contributed by atoms with van der Waals surface area (Å²) >= 11 is 0. The van der Waals surface area contributed by atoms with Gasteiger partial charge in [0.05, 0.1) is 11.8 Å². The molecule has 0 saturated carbocycles. The predicted molar refractivity (Wildman–Crippen MR) is 59.0 cm³/mol. The molecule has 2 rings (SSSR count). The summed E-state index contributed by atoms with van der Waals surface area (Å²) in [5, 5.41) is 15.4. The fraction of sp³-hybridized carbons (Fsp3) is 0.500. The molecule has 2 heterocycles. The first-order valence-electron chi connectivity index (χ1n) is 5.09. The fourth-order valence-corrected chi connectivity index (χ4v) is 1.90. The molecule has 1 aromatic rings. The highest BCUT2D eigenvalue weighted by atomic mass is 15.3. The summed E-state index contributed by atoms with van der Waals surface area (Å²) in [7, 11) is 0. The van der Waals surface area contributed by atoms with E-state index >= 15 is 0 Å². The van der Waals surface area contributed by atoms with Crippen LogP contribution in [0.5, 0.6) is 0 Å². The van der Waals surface area contributed by atoms with Crippen LogP contribution in [0.4, 0.5) is 5.82 Å². The molecule has 0 aromatic carbocycles. The SMILES string of the molecule is CC1CCN(c2nnccc2C(=N)N)C1. The molecule has 1 aliphatic rings. The Labute approximate surface area is 88.8 Å². The van der Waals surface area contributed by atoms with E-state index < -0.39 is 0 Å². The molecule has 3 N–H and O–H groups in total. The third-order valence-corrected chi connectivity index (χ3v) is 2.71. The van der Waals surface area contributed by atoms with E-state index in [9.17, 15) is 0 Å². The van der Waals surface area contributed by atoms with E-state index in [4.69, 9.17) is 11.1 Å².